The molecule has 1 N–H and O–H groups in total. The van der Waals surface area contributed by atoms with Crippen LogP contribution in [0.25, 0.3) is 0 Å². The molecule has 5 heteroatoms. The number of nitriles is 1. The molecule has 0 bridgehead atoms. The molecule has 0 amide bonds. The van der Waals surface area contributed by atoms with E-state index in [2.05, 4.69) is 11.9 Å². The van der Waals surface area contributed by atoms with Gasteiger partial charge in [-0.25, -0.2) is 4.79 Å². The van der Waals surface area contributed by atoms with Crippen molar-refractivity contribution in [2.75, 3.05) is 18.5 Å². The zero-order valence-electron chi connectivity index (χ0n) is 11.3. The molecule has 0 aliphatic rings. The van der Waals surface area contributed by atoms with Crippen molar-refractivity contribution in [1.29, 1.82) is 5.26 Å². The molecule has 0 unspecified atom stereocenters. The predicted octanol–water partition coefficient (Wildman–Crippen LogP) is 2.63. The van der Waals surface area contributed by atoms with Gasteiger partial charge in [-0.15, -0.1) is 0 Å². The topological polar surface area (TPSA) is 71.3 Å². The Morgan fingerprint density at radius 3 is 2.70 bits per heavy atom. The number of anilines is 1. The Morgan fingerprint density at radius 2 is 2.15 bits per heavy atom. The van der Waals surface area contributed by atoms with Crippen LogP contribution in [0.4, 0.5) is 5.69 Å². The van der Waals surface area contributed by atoms with Gasteiger partial charge in [-0.05, 0) is 31.2 Å². The van der Waals surface area contributed by atoms with Crippen LogP contribution in [-0.4, -0.2) is 19.2 Å². The van der Waals surface area contributed by atoms with Crippen molar-refractivity contribution in [3.05, 3.63) is 48.7 Å². The Bertz CT molecular complexity index is 527. The largest absolute Gasteiger partial charge is 0.490 e. The predicted molar refractivity (Wildman–Crippen MR) is 76.1 cm³/mol. The molecule has 0 saturated heterocycles. The van der Waals surface area contributed by atoms with Crippen LogP contribution >= 0.6 is 0 Å². The number of hydrogen-bond donors (Lipinski definition) is 1. The van der Waals surface area contributed by atoms with Gasteiger partial charge in [0.25, 0.3) is 0 Å². The van der Waals surface area contributed by atoms with Gasteiger partial charge in [0.15, 0.2) is 5.57 Å². The van der Waals surface area contributed by atoms with Gasteiger partial charge >= 0.3 is 5.97 Å². The third-order valence-electron chi connectivity index (χ3n) is 2.22. The standard InChI is InChI=1S/C15H16N2O3/c1-3-9-20-14-7-5-13(6-8-14)17-11-12(10-16)15(18)19-4-2/h3,5-8,11,17H,1,4,9H2,2H3/b12-11-. The zero-order valence-corrected chi connectivity index (χ0v) is 11.3. The van der Waals surface area contributed by atoms with Gasteiger partial charge < -0.3 is 14.8 Å². The van der Waals surface area contributed by atoms with Crippen molar-refractivity contribution < 1.29 is 14.3 Å². The van der Waals surface area contributed by atoms with E-state index >= 15 is 0 Å². The lowest BCUT2D eigenvalue weighted by molar-refractivity contribution is -0.138. The number of esters is 1. The first kappa shape index (κ1) is 15.3. The molecule has 0 aliphatic heterocycles. The van der Waals surface area contributed by atoms with Gasteiger partial charge in [0.05, 0.1) is 6.61 Å². The molecule has 0 heterocycles. The number of ether oxygens (including phenoxy) is 2. The molecule has 104 valence electrons. The molecule has 0 aliphatic carbocycles. The maximum absolute atomic E-state index is 11.4. The quantitative estimate of drug-likeness (QED) is 0.357. The molecule has 0 radical (unpaired) electrons. The SMILES string of the molecule is C=CCOc1ccc(N/C=C(/C#N)C(=O)OCC)cc1. The Morgan fingerprint density at radius 1 is 1.45 bits per heavy atom. The fourth-order valence-electron chi connectivity index (χ4n) is 1.30. The number of nitrogens with zero attached hydrogens (tertiary/aromatic N) is 1. The minimum Gasteiger partial charge on any atom is -0.490 e. The summed E-state index contributed by atoms with van der Waals surface area (Å²) in [7, 11) is 0. The van der Waals surface area contributed by atoms with Crippen molar-refractivity contribution in [2.24, 2.45) is 0 Å². The summed E-state index contributed by atoms with van der Waals surface area (Å²) in [6, 6.07) is 8.88. The van der Waals surface area contributed by atoms with E-state index in [-0.39, 0.29) is 12.2 Å². The minimum atomic E-state index is -0.645. The van der Waals surface area contributed by atoms with E-state index in [1.807, 2.05) is 0 Å². The molecule has 0 aromatic heterocycles. The molecule has 1 aromatic carbocycles. The van der Waals surface area contributed by atoms with Crippen LogP contribution in [0.3, 0.4) is 0 Å². The maximum Gasteiger partial charge on any atom is 0.350 e. The molecule has 1 aromatic rings. The Hall–Kier alpha value is -2.74. The monoisotopic (exact) mass is 272 g/mol. The average molecular weight is 272 g/mol. The summed E-state index contributed by atoms with van der Waals surface area (Å²) in [5.41, 5.74) is 0.645. The number of carbonyl (C=O) groups is 1. The Labute approximate surface area is 118 Å². The summed E-state index contributed by atoms with van der Waals surface area (Å²) in [6.45, 7) is 5.91. The molecule has 20 heavy (non-hydrogen) atoms. The highest BCUT2D eigenvalue weighted by molar-refractivity contribution is 5.93. The van der Waals surface area contributed by atoms with E-state index in [1.54, 1.807) is 43.3 Å². The van der Waals surface area contributed by atoms with Gasteiger partial charge in [-0.1, -0.05) is 12.7 Å². The van der Waals surface area contributed by atoms with E-state index in [9.17, 15) is 4.79 Å². The van der Waals surface area contributed by atoms with Crippen LogP contribution in [0.15, 0.2) is 48.7 Å². The van der Waals surface area contributed by atoms with E-state index in [1.165, 1.54) is 6.20 Å². The van der Waals surface area contributed by atoms with Gasteiger partial charge in [-0.2, -0.15) is 5.26 Å². The first-order chi connectivity index (χ1) is 9.71. The van der Waals surface area contributed by atoms with Crippen LogP contribution in [0.2, 0.25) is 0 Å². The van der Waals surface area contributed by atoms with Crippen LogP contribution in [0, 0.1) is 11.3 Å². The lowest BCUT2D eigenvalue weighted by Gasteiger charge is -2.05. The molecule has 0 atom stereocenters. The molecule has 0 fully saturated rings. The van der Waals surface area contributed by atoms with E-state index < -0.39 is 5.97 Å². The first-order valence-electron chi connectivity index (χ1n) is 6.09. The van der Waals surface area contributed by atoms with E-state index in [4.69, 9.17) is 14.7 Å². The van der Waals surface area contributed by atoms with E-state index in [0.717, 1.165) is 5.69 Å². The summed E-state index contributed by atoms with van der Waals surface area (Å²) in [6.07, 6.45) is 2.98. The fourth-order valence-corrected chi connectivity index (χ4v) is 1.30. The maximum atomic E-state index is 11.4. The number of benzene rings is 1. The molecule has 1 rings (SSSR count). The lowest BCUT2D eigenvalue weighted by Crippen LogP contribution is -2.07. The molecule has 5 nitrogen and oxygen atoms in total. The van der Waals surface area contributed by atoms with Crippen LogP contribution in [0.1, 0.15) is 6.92 Å². The first-order valence-corrected chi connectivity index (χ1v) is 6.09. The summed E-state index contributed by atoms with van der Waals surface area (Å²) in [5.74, 6) is 0.0683. The van der Waals surface area contributed by atoms with E-state index in [0.29, 0.717) is 12.4 Å². The molecular formula is C15H16N2O3. The van der Waals surface area contributed by atoms with Crippen molar-refractivity contribution in [2.45, 2.75) is 6.92 Å². The lowest BCUT2D eigenvalue weighted by atomic mass is 10.3. The summed E-state index contributed by atoms with van der Waals surface area (Å²) in [5, 5.41) is 11.7. The van der Waals surface area contributed by atoms with Crippen molar-refractivity contribution in [3.8, 4) is 11.8 Å². The zero-order chi connectivity index (χ0) is 14.8. The van der Waals surface area contributed by atoms with Gasteiger partial charge in [0.2, 0.25) is 0 Å². The van der Waals surface area contributed by atoms with Gasteiger partial charge in [0, 0.05) is 11.9 Å². The molecule has 0 saturated carbocycles. The summed E-state index contributed by atoms with van der Waals surface area (Å²) < 4.78 is 10.1. The second-order valence-corrected chi connectivity index (χ2v) is 3.66. The van der Waals surface area contributed by atoms with Crippen LogP contribution in [-0.2, 0) is 9.53 Å². The number of carbonyl (C=O) groups excluding carboxylic acids is 1. The Kier molecular flexibility index (Phi) is 6.42. The normalized spacial score (nSPS) is 10.3. The smallest absolute Gasteiger partial charge is 0.350 e. The minimum absolute atomic E-state index is 0.0844. The van der Waals surface area contributed by atoms with Gasteiger partial charge in [0.1, 0.15) is 18.4 Å². The number of rotatable bonds is 7. The van der Waals surface area contributed by atoms with Crippen molar-refractivity contribution in [3.63, 3.8) is 0 Å². The third-order valence-corrected chi connectivity index (χ3v) is 2.22. The average Bonchev–Trinajstić information content (AvgIpc) is 2.47. The highest BCUT2D eigenvalue weighted by Crippen LogP contribution is 2.16. The Balaban J connectivity index is 2.66. The van der Waals surface area contributed by atoms with Crippen molar-refractivity contribution in [1.82, 2.24) is 0 Å². The fraction of sp³-hybridized carbons (Fsp3) is 0.200. The molecule has 0 spiro atoms. The molecular weight excluding hydrogens is 256 g/mol. The summed E-state index contributed by atoms with van der Waals surface area (Å²) >= 11 is 0. The number of hydrogen-bond acceptors (Lipinski definition) is 5. The van der Waals surface area contributed by atoms with Crippen LogP contribution < -0.4 is 10.1 Å². The van der Waals surface area contributed by atoms with Crippen molar-refractivity contribution >= 4 is 11.7 Å². The number of nitrogens with one attached hydrogen (secondary N) is 1. The second-order valence-electron chi connectivity index (χ2n) is 3.66. The highest BCUT2D eigenvalue weighted by Gasteiger charge is 2.08. The highest BCUT2D eigenvalue weighted by atomic mass is 16.5. The third kappa shape index (κ3) is 4.86. The second kappa shape index (κ2) is 8.38. The summed E-state index contributed by atoms with van der Waals surface area (Å²) in [4.78, 5) is 11.4. The van der Waals surface area contributed by atoms with Crippen LogP contribution in [0.5, 0.6) is 5.75 Å². The van der Waals surface area contributed by atoms with Gasteiger partial charge in [-0.3, -0.25) is 0 Å².